The van der Waals surface area contributed by atoms with Gasteiger partial charge in [-0.15, -0.1) is 0 Å². The number of Topliss-reactive ketones (excluding diaryl/α,β-unsaturated/α-hetero) is 1. The fourth-order valence-electron chi connectivity index (χ4n) is 3.29. The van der Waals surface area contributed by atoms with Crippen LogP contribution in [0, 0.1) is 0 Å². The third-order valence-corrected chi connectivity index (χ3v) is 6.70. The van der Waals surface area contributed by atoms with Crippen molar-refractivity contribution in [1.82, 2.24) is 4.31 Å². The van der Waals surface area contributed by atoms with E-state index in [-0.39, 0.29) is 16.2 Å². The van der Waals surface area contributed by atoms with Crippen LogP contribution in [0.3, 0.4) is 0 Å². The molecule has 1 saturated carbocycles. The Morgan fingerprint density at radius 3 is 2.32 bits per heavy atom. The number of sulfonamides is 1. The van der Waals surface area contributed by atoms with Crippen LogP contribution in [0.2, 0.25) is 0 Å². The number of carbonyl (C=O) groups excluding carboxylic acids is 2. The number of esters is 1. The lowest BCUT2D eigenvalue weighted by atomic mass is 9.96. The average Bonchev–Trinajstić information content (AvgIpc) is 2.64. The SMILES string of the molecule is O=C(OC1CCCCC1=O)c1ccc(S(=O)(=O)N2CCCCC2)cc1. The number of benzene rings is 1. The molecule has 0 amide bonds. The summed E-state index contributed by atoms with van der Waals surface area (Å²) in [5.74, 6) is -0.619. The van der Waals surface area contributed by atoms with E-state index in [2.05, 4.69) is 0 Å². The first-order valence-electron chi connectivity index (χ1n) is 8.82. The van der Waals surface area contributed by atoms with Gasteiger partial charge in [-0.25, -0.2) is 13.2 Å². The maximum atomic E-state index is 12.6. The summed E-state index contributed by atoms with van der Waals surface area (Å²) in [5.41, 5.74) is 0.260. The van der Waals surface area contributed by atoms with Gasteiger partial charge in [0.15, 0.2) is 11.9 Å². The largest absolute Gasteiger partial charge is 0.451 e. The summed E-state index contributed by atoms with van der Waals surface area (Å²) in [5, 5.41) is 0. The summed E-state index contributed by atoms with van der Waals surface area (Å²) < 4.78 is 32.0. The van der Waals surface area contributed by atoms with Gasteiger partial charge in [0, 0.05) is 19.5 Å². The molecule has 0 aromatic heterocycles. The molecule has 1 heterocycles. The number of carbonyl (C=O) groups is 2. The lowest BCUT2D eigenvalue weighted by Gasteiger charge is -2.25. The van der Waals surface area contributed by atoms with Gasteiger partial charge < -0.3 is 4.74 Å². The number of piperidine rings is 1. The highest BCUT2D eigenvalue weighted by atomic mass is 32.2. The fraction of sp³-hybridized carbons (Fsp3) is 0.556. The number of ether oxygens (including phenoxy) is 1. The van der Waals surface area contributed by atoms with Crippen LogP contribution in [0.1, 0.15) is 55.3 Å². The summed E-state index contributed by atoms with van der Waals surface area (Å²) in [6.45, 7) is 1.08. The molecule has 3 rings (SSSR count). The maximum absolute atomic E-state index is 12.6. The normalized spacial score (nSPS) is 22.6. The Labute approximate surface area is 148 Å². The highest BCUT2D eigenvalue weighted by Crippen LogP contribution is 2.22. The van der Waals surface area contributed by atoms with Crippen LogP contribution in [0.4, 0.5) is 0 Å². The first-order chi connectivity index (χ1) is 12.0. The Bertz CT molecular complexity index is 735. The molecule has 2 aliphatic rings. The van der Waals surface area contributed by atoms with Crippen molar-refractivity contribution in [1.29, 1.82) is 0 Å². The molecular formula is C18H23NO5S. The molecular weight excluding hydrogens is 342 g/mol. The minimum atomic E-state index is -3.51. The minimum absolute atomic E-state index is 0.0381. The number of ketones is 1. The number of rotatable bonds is 4. The van der Waals surface area contributed by atoms with E-state index in [1.165, 1.54) is 28.6 Å². The zero-order valence-electron chi connectivity index (χ0n) is 14.1. The zero-order valence-corrected chi connectivity index (χ0v) is 15.0. The number of nitrogens with zero attached hydrogens (tertiary/aromatic N) is 1. The molecule has 1 aliphatic carbocycles. The van der Waals surface area contributed by atoms with Crippen LogP contribution < -0.4 is 0 Å². The second kappa shape index (κ2) is 7.66. The zero-order chi connectivity index (χ0) is 17.9. The van der Waals surface area contributed by atoms with Gasteiger partial charge >= 0.3 is 5.97 Å². The average molecular weight is 365 g/mol. The van der Waals surface area contributed by atoms with Crippen molar-refractivity contribution >= 4 is 21.8 Å². The van der Waals surface area contributed by atoms with Crippen LogP contribution in [0.15, 0.2) is 29.2 Å². The van der Waals surface area contributed by atoms with E-state index < -0.39 is 22.1 Å². The van der Waals surface area contributed by atoms with Crippen LogP contribution in [-0.2, 0) is 19.6 Å². The van der Waals surface area contributed by atoms with Gasteiger partial charge in [0.05, 0.1) is 10.5 Å². The van der Waals surface area contributed by atoms with Gasteiger partial charge in [-0.05, 0) is 56.4 Å². The molecule has 1 aromatic rings. The van der Waals surface area contributed by atoms with Gasteiger partial charge in [-0.3, -0.25) is 4.79 Å². The smallest absolute Gasteiger partial charge is 0.338 e. The summed E-state index contributed by atoms with van der Waals surface area (Å²) >= 11 is 0. The molecule has 1 atom stereocenters. The molecule has 0 N–H and O–H groups in total. The van der Waals surface area contributed by atoms with Gasteiger partial charge in [0.1, 0.15) is 0 Å². The van der Waals surface area contributed by atoms with Crippen molar-refractivity contribution in [3.8, 4) is 0 Å². The van der Waals surface area contributed by atoms with Crippen LogP contribution in [0.5, 0.6) is 0 Å². The fourth-order valence-corrected chi connectivity index (χ4v) is 4.81. The molecule has 1 aliphatic heterocycles. The molecule has 1 saturated heterocycles. The molecule has 0 radical (unpaired) electrons. The predicted molar refractivity (Wildman–Crippen MR) is 91.7 cm³/mol. The highest BCUT2D eigenvalue weighted by molar-refractivity contribution is 7.89. The van der Waals surface area contributed by atoms with Gasteiger partial charge in [-0.2, -0.15) is 4.31 Å². The topological polar surface area (TPSA) is 80.8 Å². The summed E-state index contributed by atoms with van der Waals surface area (Å²) in [4.78, 5) is 24.1. The molecule has 1 aromatic carbocycles. The standard InChI is InChI=1S/C18H23NO5S/c20-16-6-2-3-7-17(16)24-18(21)14-8-10-15(11-9-14)25(22,23)19-12-4-1-5-13-19/h8-11,17H,1-7,12-13H2. The summed E-state index contributed by atoms with van der Waals surface area (Å²) in [7, 11) is -3.51. The van der Waals surface area contributed by atoms with Crippen molar-refractivity contribution < 1.29 is 22.7 Å². The molecule has 25 heavy (non-hydrogen) atoms. The van der Waals surface area contributed by atoms with E-state index in [4.69, 9.17) is 4.74 Å². The quantitative estimate of drug-likeness (QED) is 0.766. The van der Waals surface area contributed by atoms with E-state index in [1.54, 1.807) is 0 Å². The predicted octanol–water partition coefficient (Wildman–Crippen LogP) is 2.53. The highest BCUT2D eigenvalue weighted by Gasteiger charge is 2.28. The lowest BCUT2D eigenvalue weighted by Crippen LogP contribution is -2.35. The molecule has 7 heteroatoms. The van der Waals surface area contributed by atoms with E-state index in [0.717, 1.165) is 32.1 Å². The van der Waals surface area contributed by atoms with Gasteiger partial charge in [0.25, 0.3) is 0 Å². The minimum Gasteiger partial charge on any atom is -0.451 e. The van der Waals surface area contributed by atoms with Gasteiger partial charge in [0.2, 0.25) is 10.0 Å². The van der Waals surface area contributed by atoms with E-state index in [0.29, 0.717) is 25.9 Å². The molecule has 0 spiro atoms. The van der Waals surface area contributed by atoms with E-state index in [1.807, 2.05) is 0 Å². The second-order valence-electron chi connectivity index (χ2n) is 6.60. The molecule has 0 bridgehead atoms. The first kappa shape index (κ1) is 18.1. The van der Waals surface area contributed by atoms with E-state index >= 15 is 0 Å². The van der Waals surface area contributed by atoms with Crippen molar-refractivity contribution in [2.75, 3.05) is 13.1 Å². The molecule has 136 valence electrons. The van der Waals surface area contributed by atoms with Crippen LogP contribution >= 0.6 is 0 Å². The summed E-state index contributed by atoms with van der Waals surface area (Å²) in [6.07, 6.45) is 4.86. The Kier molecular flexibility index (Phi) is 5.54. The van der Waals surface area contributed by atoms with Gasteiger partial charge in [-0.1, -0.05) is 6.42 Å². The Morgan fingerprint density at radius 2 is 1.68 bits per heavy atom. The molecule has 2 fully saturated rings. The monoisotopic (exact) mass is 365 g/mol. The second-order valence-corrected chi connectivity index (χ2v) is 8.53. The van der Waals surface area contributed by atoms with Crippen molar-refractivity contribution in [3.05, 3.63) is 29.8 Å². The van der Waals surface area contributed by atoms with Crippen molar-refractivity contribution in [2.24, 2.45) is 0 Å². The Balaban J connectivity index is 1.69. The lowest BCUT2D eigenvalue weighted by molar-refractivity contribution is -0.129. The van der Waals surface area contributed by atoms with E-state index in [9.17, 15) is 18.0 Å². The summed E-state index contributed by atoms with van der Waals surface area (Å²) in [6, 6.07) is 5.77. The third-order valence-electron chi connectivity index (χ3n) is 4.79. The number of hydrogen-bond acceptors (Lipinski definition) is 5. The van der Waals surface area contributed by atoms with Crippen LogP contribution in [0.25, 0.3) is 0 Å². The number of hydrogen-bond donors (Lipinski definition) is 0. The maximum Gasteiger partial charge on any atom is 0.338 e. The third kappa shape index (κ3) is 4.10. The molecule has 1 unspecified atom stereocenters. The Hall–Kier alpha value is -1.73. The molecule has 6 nitrogen and oxygen atoms in total. The first-order valence-corrected chi connectivity index (χ1v) is 10.3. The Morgan fingerprint density at radius 1 is 1.00 bits per heavy atom. The van der Waals surface area contributed by atoms with Crippen molar-refractivity contribution in [3.63, 3.8) is 0 Å². The van der Waals surface area contributed by atoms with Crippen LogP contribution in [-0.4, -0.2) is 43.7 Å². The van der Waals surface area contributed by atoms with Crippen molar-refractivity contribution in [2.45, 2.75) is 55.9 Å².